The highest BCUT2D eigenvalue weighted by atomic mass is 16.5. The van der Waals surface area contributed by atoms with Gasteiger partial charge >= 0.3 is 0 Å². The molecule has 15 heavy (non-hydrogen) atoms. The molecule has 0 bridgehead atoms. The maximum Gasteiger partial charge on any atom is 0.119 e. The summed E-state index contributed by atoms with van der Waals surface area (Å²) in [5, 5.41) is 0. The first-order chi connectivity index (χ1) is 7.29. The minimum Gasteiger partial charge on any atom is -0.497 e. The van der Waals surface area contributed by atoms with E-state index in [-0.39, 0.29) is 0 Å². The van der Waals surface area contributed by atoms with Crippen molar-refractivity contribution in [1.29, 1.82) is 0 Å². The van der Waals surface area contributed by atoms with E-state index in [2.05, 4.69) is 29.0 Å². The van der Waals surface area contributed by atoms with Crippen molar-refractivity contribution in [2.45, 2.75) is 0 Å². The van der Waals surface area contributed by atoms with Crippen molar-refractivity contribution in [3.05, 3.63) is 31.3 Å². The van der Waals surface area contributed by atoms with Crippen molar-refractivity contribution < 1.29 is 4.74 Å². The van der Waals surface area contributed by atoms with Crippen molar-refractivity contribution in [1.82, 2.24) is 4.90 Å². The molecule has 0 aliphatic carbocycles. The lowest BCUT2D eigenvalue weighted by Crippen LogP contribution is -2.43. The van der Waals surface area contributed by atoms with Crippen LogP contribution in [0, 0.1) is 7.05 Å². The van der Waals surface area contributed by atoms with Gasteiger partial charge in [0.1, 0.15) is 5.75 Å². The van der Waals surface area contributed by atoms with Gasteiger partial charge in [-0.25, -0.2) is 0 Å². The number of hydrogen-bond donors (Lipinski definition) is 0. The molecule has 0 amide bonds. The summed E-state index contributed by atoms with van der Waals surface area (Å²) in [7, 11) is 5.63. The third-order valence-electron chi connectivity index (χ3n) is 2.81. The Labute approximate surface area is 91.2 Å². The van der Waals surface area contributed by atoms with Gasteiger partial charge in [0.15, 0.2) is 0 Å². The quantitative estimate of drug-likeness (QED) is 0.729. The van der Waals surface area contributed by atoms with E-state index in [1.54, 1.807) is 7.11 Å². The Kier molecular flexibility index (Phi) is 3.11. The van der Waals surface area contributed by atoms with Gasteiger partial charge in [-0.05, 0) is 24.3 Å². The monoisotopic (exact) mass is 205 g/mol. The lowest BCUT2D eigenvalue weighted by atomic mass is 10.2. The lowest BCUT2D eigenvalue weighted by Gasteiger charge is -2.33. The summed E-state index contributed by atoms with van der Waals surface area (Å²) in [6.07, 6.45) is 0. The number of rotatable bonds is 2. The molecule has 2 rings (SSSR count). The first-order valence-electron chi connectivity index (χ1n) is 5.24. The smallest absolute Gasteiger partial charge is 0.119 e. The molecule has 1 saturated heterocycles. The van der Waals surface area contributed by atoms with Gasteiger partial charge in [0, 0.05) is 38.9 Å². The van der Waals surface area contributed by atoms with Gasteiger partial charge in [-0.2, -0.15) is 0 Å². The van der Waals surface area contributed by atoms with Crippen LogP contribution in [0.3, 0.4) is 0 Å². The maximum atomic E-state index is 5.14. The van der Waals surface area contributed by atoms with Gasteiger partial charge in [0.2, 0.25) is 0 Å². The fourth-order valence-corrected chi connectivity index (χ4v) is 1.80. The number of methoxy groups -OCH3 is 1. The summed E-state index contributed by atoms with van der Waals surface area (Å²) >= 11 is 0. The standard InChI is InChI=1S/C12H17N2O/c1-13-7-9-14(10-8-13)11-3-5-12(15-2)6-4-11/h3-6H,1,7-10H2,2H3. The fourth-order valence-electron chi connectivity index (χ4n) is 1.80. The summed E-state index contributed by atoms with van der Waals surface area (Å²) in [6.45, 7) is 4.17. The first-order valence-corrected chi connectivity index (χ1v) is 5.24. The zero-order valence-corrected chi connectivity index (χ0v) is 9.15. The van der Waals surface area contributed by atoms with Crippen LogP contribution in [0.1, 0.15) is 0 Å². The largest absolute Gasteiger partial charge is 0.497 e. The average Bonchev–Trinajstić information content (AvgIpc) is 2.30. The molecular formula is C12H17N2O. The summed E-state index contributed by atoms with van der Waals surface area (Å²) in [4.78, 5) is 4.49. The van der Waals surface area contributed by atoms with Crippen LogP contribution in [0.15, 0.2) is 24.3 Å². The van der Waals surface area contributed by atoms with E-state index in [1.807, 2.05) is 12.1 Å². The molecule has 3 nitrogen and oxygen atoms in total. The second-order valence-electron chi connectivity index (χ2n) is 3.80. The Bertz CT molecular complexity index is 302. The van der Waals surface area contributed by atoms with Crippen LogP contribution in [0.25, 0.3) is 0 Å². The number of ether oxygens (including phenoxy) is 1. The predicted octanol–water partition coefficient (Wildman–Crippen LogP) is 1.61. The van der Waals surface area contributed by atoms with Crippen LogP contribution < -0.4 is 9.64 Å². The Morgan fingerprint density at radius 2 is 1.67 bits per heavy atom. The summed E-state index contributed by atoms with van der Waals surface area (Å²) in [5.41, 5.74) is 1.27. The van der Waals surface area contributed by atoms with E-state index in [0.29, 0.717) is 0 Å². The van der Waals surface area contributed by atoms with Crippen LogP contribution in [0.5, 0.6) is 5.75 Å². The number of anilines is 1. The molecule has 0 aromatic heterocycles. The normalized spacial score (nSPS) is 17.9. The molecule has 1 radical (unpaired) electrons. The minimum atomic E-state index is 0.912. The van der Waals surface area contributed by atoms with Crippen LogP contribution in [0.2, 0.25) is 0 Å². The molecule has 1 aromatic carbocycles. The molecule has 0 unspecified atom stereocenters. The van der Waals surface area contributed by atoms with Gasteiger partial charge in [0.05, 0.1) is 7.11 Å². The molecule has 1 aliphatic heterocycles. The van der Waals surface area contributed by atoms with Crippen LogP contribution in [0.4, 0.5) is 5.69 Å². The molecule has 0 spiro atoms. The number of piperazine rings is 1. The first kappa shape index (κ1) is 10.3. The summed E-state index contributed by atoms with van der Waals surface area (Å²) in [6, 6.07) is 8.23. The van der Waals surface area contributed by atoms with E-state index >= 15 is 0 Å². The van der Waals surface area contributed by atoms with Gasteiger partial charge < -0.3 is 9.64 Å². The third kappa shape index (κ3) is 2.42. The van der Waals surface area contributed by atoms with Gasteiger partial charge in [-0.1, -0.05) is 0 Å². The Morgan fingerprint density at radius 3 is 2.20 bits per heavy atom. The number of hydrogen-bond acceptors (Lipinski definition) is 3. The predicted molar refractivity (Wildman–Crippen MR) is 62.1 cm³/mol. The Hall–Kier alpha value is -1.22. The van der Waals surface area contributed by atoms with E-state index < -0.39 is 0 Å². The molecule has 1 aromatic rings. The van der Waals surface area contributed by atoms with Gasteiger partial charge in [-0.3, -0.25) is 4.90 Å². The molecule has 0 N–H and O–H groups in total. The average molecular weight is 205 g/mol. The molecular weight excluding hydrogens is 188 g/mol. The van der Waals surface area contributed by atoms with Crippen molar-refractivity contribution >= 4 is 5.69 Å². The van der Waals surface area contributed by atoms with Crippen molar-refractivity contribution in [3.63, 3.8) is 0 Å². The maximum absolute atomic E-state index is 5.14. The molecule has 0 saturated carbocycles. The van der Waals surface area contributed by atoms with Crippen molar-refractivity contribution in [3.8, 4) is 5.75 Å². The minimum absolute atomic E-state index is 0.912. The van der Waals surface area contributed by atoms with Crippen LogP contribution in [-0.2, 0) is 0 Å². The van der Waals surface area contributed by atoms with Crippen LogP contribution in [-0.4, -0.2) is 38.2 Å². The van der Waals surface area contributed by atoms with Gasteiger partial charge in [-0.15, -0.1) is 0 Å². The van der Waals surface area contributed by atoms with Crippen molar-refractivity contribution in [2.75, 3.05) is 38.2 Å². The number of nitrogens with zero attached hydrogens (tertiary/aromatic N) is 2. The summed E-state index contributed by atoms with van der Waals surface area (Å²) < 4.78 is 5.14. The molecule has 1 fully saturated rings. The topological polar surface area (TPSA) is 15.7 Å². The molecule has 1 aliphatic rings. The SMILES string of the molecule is [CH2]N1CCN(c2ccc(OC)cc2)CC1. The molecule has 0 atom stereocenters. The molecule has 3 heteroatoms. The second-order valence-corrected chi connectivity index (χ2v) is 3.80. The van der Waals surface area contributed by atoms with E-state index in [1.165, 1.54) is 5.69 Å². The number of benzene rings is 1. The lowest BCUT2D eigenvalue weighted by molar-refractivity contribution is 0.344. The Balaban J connectivity index is 2.03. The fraction of sp³-hybridized carbons (Fsp3) is 0.417. The van der Waals surface area contributed by atoms with Crippen LogP contribution >= 0.6 is 0 Å². The Morgan fingerprint density at radius 1 is 1.07 bits per heavy atom. The summed E-state index contributed by atoms with van der Waals surface area (Å²) in [5.74, 6) is 0.912. The molecule has 1 heterocycles. The highest BCUT2D eigenvalue weighted by molar-refractivity contribution is 5.49. The van der Waals surface area contributed by atoms with E-state index in [9.17, 15) is 0 Å². The highest BCUT2D eigenvalue weighted by Crippen LogP contribution is 2.20. The molecule has 81 valence electrons. The van der Waals surface area contributed by atoms with E-state index in [4.69, 9.17) is 4.74 Å². The zero-order valence-electron chi connectivity index (χ0n) is 9.15. The highest BCUT2D eigenvalue weighted by Gasteiger charge is 2.13. The van der Waals surface area contributed by atoms with Gasteiger partial charge in [0.25, 0.3) is 0 Å². The zero-order chi connectivity index (χ0) is 10.7. The van der Waals surface area contributed by atoms with Crippen molar-refractivity contribution in [2.24, 2.45) is 0 Å². The van der Waals surface area contributed by atoms with E-state index in [0.717, 1.165) is 31.9 Å². The third-order valence-corrected chi connectivity index (χ3v) is 2.81. The second kappa shape index (κ2) is 4.53.